The first kappa shape index (κ1) is 13.9. The van der Waals surface area contributed by atoms with Gasteiger partial charge in [0.2, 0.25) is 0 Å². The number of halogens is 1. The summed E-state index contributed by atoms with van der Waals surface area (Å²) in [6.07, 6.45) is 5.07. The third kappa shape index (κ3) is 3.47. The molecular formula is C15H21ClO2. The lowest BCUT2D eigenvalue weighted by molar-refractivity contribution is 0.0945. The molecule has 1 aliphatic rings. The Morgan fingerprint density at radius 3 is 3.06 bits per heavy atom. The van der Waals surface area contributed by atoms with Gasteiger partial charge in [0.15, 0.2) is 0 Å². The molecule has 2 atom stereocenters. The molecule has 0 aromatic heterocycles. The van der Waals surface area contributed by atoms with Crippen LogP contribution in [0.15, 0.2) is 18.2 Å². The van der Waals surface area contributed by atoms with Crippen LogP contribution in [0.25, 0.3) is 0 Å². The number of hydrogen-bond acceptors (Lipinski definition) is 2. The summed E-state index contributed by atoms with van der Waals surface area (Å²) in [5.41, 5.74) is 1.87. The van der Waals surface area contributed by atoms with Crippen LogP contribution in [0.2, 0.25) is 5.02 Å². The van der Waals surface area contributed by atoms with E-state index in [4.69, 9.17) is 16.3 Å². The molecule has 2 rings (SSSR count). The zero-order valence-electron chi connectivity index (χ0n) is 10.9. The monoisotopic (exact) mass is 268 g/mol. The van der Waals surface area contributed by atoms with Crippen molar-refractivity contribution < 1.29 is 9.84 Å². The van der Waals surface area contributed by atoms with Gasteiger partial charge in [-0.2, -0.15) is 0 Å². The number of aryl methyl sites for hydroxylation is 1. The Balaban J connectivity index is 1.83. The molecule has 1 aliphatic heterocycles. The molecule has 1 aromatic carbocycles. The van der Waals surface area contributed by atoms with Crippen molar-refractivity contribution in [3.8, 4) is 0 Å². The predicted molar refractivity (Wildman–Crippen MR) is 74.0 cm³/mol. The lowest BCUT2D eigenvalue weighted by Crippen LogP contribution is -2.06. The van der Waals surface area contributed by atoms with E-state index in [1.807, 2.05) is 25.1 Å². The maximum Gasteiger partial charge on any atom is 0.0804 e. The van der Waals surface area contributed by atoms with Gasteiger partial charge < -0.3 is 9.84 Å². The van der Waals surface area contributed by atoms with Crippen molar-refractivity contribution in [3.63, 3.8) is 0 Å². The van der Waals surface area contributed by atoms with Crippen molar-refractivity contribution in [2.75, 3.05) is 6.61 Å². The highest BCUT2D eigenvalue weighted by Crippen LogP contribution is 2.29. The first-order valence-corrected chi connectivity index (χ1v) is 7.11. The molecule has 0 saturated carbocycles. The van der Waals surface area contributed by atoms with Crippen molar-refractivity contribution in [2.24, 2.45) is 0 Å². The molecule has 0 radical (unpaired) electrons. The summed E-state index contributed by atoms with van der Waals surface area (Å²) < 4.78 is 5.58. The van der Waals surface area contributed by atoms with Crippen LogP contribution in [0.3, 0.4) is 0 Å². The third-order valence-electron chi connectivity index (χ3n) is 3.61. The Hall–Kier alpha value is -0.570. The molecule has 18 heavy (non-hydrogen) atoms. The molecule has 1 heterocycles. The van der Waals surface area contributed by atoms with Gasteiger partial charge in [-0.15, -0.1) is 0 Å². The Morgan fingerprint density at radius 1 is 1.50 bits per heavy atom. The summed E-state index contributed by atoms with van der Waals surface area (Å²) in [5.74, 6) is 0. The normalized spacial score (nSPS) is 21.2. The zero-order valence-corrected chi connectivity index (χ0v) is 11.6. The van der Waals surface area contributed by atoms with E-state index in [0.29, 0.717) is 11.1 Å². The average Bonchev–Trinajstić information content (AvgIpc) is 2.85. The number of hydrogen-bond donors (Lipinski definition) is 1. The number of ether oxygens (including phenoxy) is 1. The topological polar surface area (TPSA) is 29.5 Å². The molecule has 0 aliphatic carbocycles. The van der Waals surface area contributed by atoms with Gasteiger partial charge in [-0.05, 0) is 50.2 Å². The SMILES string of the molecule is Cc1cccc(C(O)CCCC2CCCO2)c1Cl. The van der Waals surface area contributed by atoms with E-state index in [9.17, 15) is 5.11 Å². The summed E-state index contributed by atoms with van der Waals surface area (Å²) in [7, 11) is 0. The molecular weight excluding hydrogens is 248 g/mol. The van der Waals surface area contributed by atoms with E-state index in [1.165, 1.54) is 12.8 Å². The standard InChI is InChI=1S/C15H21ClO2/c1-11-5-2-8-13(15(11)16)14(17)9-3-6-12-7-4-10-18-12/h2,5,8,12,14,17H,3-4,6-7,9-10H2,1H3. The lowest BCUT2D eigenvalue weighted by atomic mass is 10.00. The third-order valence-corrected chi connectivity index (χ3v) is 4.12. The van der Waals surface area contributed by atoms with Gasteiger partial charge in [0.05, 0.1) is 12.2 Å². The zero-order chi connectivity index (χ0) is 13.0. The van der Waals surface area contributed by atoms with E-state index >= 15 is 0 Å². The molecule has 0 bridgehead atoms. The molecule has 100 valence electrons. The van der Waals surface area contributed by atoms with Crippen LogP contribution in [-0.2, 0) is 4.74 Å². The largest absolute Gasteiger partial charge is 0.388 e. The first-order chi connectivity index (χ1) is 8.68. The van der Waals surface area contributed by atoms with Crippen LogP contribution < -0.4 is 0 Å². The van der Waals surface area contributed by atoms with Crippen molar-refractivity contribution >= 4 is 11.6 Å². The number of aliphatic hydroxyl groups is 1. The van der Waals surface area contributed by atoms with Gasteiger partial charge in [-0.25, -0.2) is 0 Å². The van der Waals surface area contributed by atoms with Gasteiger partial charge in [0, 0.05) is 11.6 Å². The van der Waals surface area contributed by atoms with Crippen LogP contribution in [0.1, 0.15) is 49.3 Å². The molecule has 1 aromatic rings. The Bertz CT molecular complexity index is 386. The number of rotatable bonds is 5. The van der Waals surface area contributed by atoms with Gasteiger partial charge in [0.25, 0.3) is 0 Å². The highest BCUT2D eigenvalue weighted by molar-refractivity contribution is 6.32. The number of aliphatic hydroxyl groups excluding tert-OH is 1. The van der Waals surface area contributed by atoms with Crippen molar-refractivity contribution in [3.05, 3.63) is 34.3 Å². The molecule has 3 heteroatoms. The number of benzene rings is 1. The van der Waals surface area contributed by atoms with Gasteiger partial charge in [-0.3, -0.25) is 0 Å². The summed E-state index contributed by atoms with van der Waals surface area (Å²) >= 11 is 6.21. The van der Waals surface area contributed by atoms with Gasteiger partial charge in [0.1, 0.15) is 0 Å². The van der Waals surface area contributed by atoms with Gasteiger partial charge in [-0.1, -0.05) is 29.8 Å². The van der Waals surface area contributed by atoms with Crippen molar-refractivity contribution in [1.29, 1.82) is 0 Å². The lowest BCUT2D eigenvalue weighted by Gasteiger charge is -2.15. The molecule has 0 amide bonds. The average molecular weight is 269 g/mol. The van der Waals surface area contributed by atoms with Crippen LogP contribution in [0, 0.1) is 6.92 Å². The van der Waals surface area contributed by atoms with Crippen LogP contribution in [-0.4, -0.2) is 17.8 Å². The smallest absolute Gasteiger partial charge is 0.0804 e. The van der Waals surface area contributed by atoms with Crippen molar-refractivity contribution in [1.82, 2.24) is 0 Å². The summed E-state index contributed by atoms with van der Waals surface area (Å²) in [5, 5.41) is 10.9. The quantitative estimate of drug-likeness (QED) is 0.874. The fourth-order valence-electron chi connectivity index (χ4n) is 2.49. The second-order valence-electron chi connectivity index (χ2n) is 5.06. The molecule has 1 N–H and O–H groups in total. The molecule has 2 nitrogen and oxygen atoms in total. The fourth-order valence-corrected chi connectivity index (χ4v) is 2.75. The Labute approximate surface area is 114 Å². The minimum atomic E-state index is -0.459. The maximum atomic E-state index is 10.2. The van der Waals surface area contributed by atoms with E-state index < -0.39 is 6.10 Å². The van der Waals surface area contributed by atoms with Crippen LogP contribution in [0.5, 0.6) is 0 Å². The van der Waals surface area contributed by atoms with E-state index in [0.717, 1.165) is 37.0 Å². The van der Waals surface area contributed by atoms with Crippen LogP contribution >= 0.6 is 11.6 Å². The fraction of sp³-hybridized carbons (Fsp3) is 0.600. The minimum absolute atomic E-state index is 0.408. The second kappa shape index (κ2) is 6.55. The first-order valence-electron chi connectivity index (χ1n) is 6.73. The molecule has 2 unspecified atom stereocenters. The second-order valence-corrected chi connectivity index (χ2v) is 5.44. The van der Waals surface area contributed by atoms with E-state index in [-0.39, 0.29) is 0 Å². The highest BCUT2D eigenvalue weighted by Gasteiger charge is 2.17. The summed E-state index contributed by atoms with van der Waals surface area (Å²) in [6, 6.07) is 5.82. The van der Waals surface area contributed by atoms with E-state index in [2.05, 4.69) is 0 Å². The minimum Gasteiger partial charge on any atom is -0.388 e. The molecule has 1 saturated heterocycles. The molecule has 1 fully saturated rings. The summed E-state index contributed by atoms with van der Waals surface area (Å²) in [6.45, 7) is 2.86. The maximum absolute atomic E-state index is 10.2. The molecule has 0 spiro atoms. The Kier molecular flexibility index (Phi) is 5.04. The van der Waals surface area contributed by atoms with Gasteiger partial charge >= 0.3 is 0 Å². The predicted octanol–water partition coefficient (Wildman–Crippen LogP) is 4.03. The van der Waals surface area contributed by atoms with Crippen LogP contribution in [0.4, 0.5) is 0 Å². The van der Waals surface area contributed by atoms with E-state index in [1.54, 1.807) is 0 Å². The van der Waals surface area contributed by atoms with Crippen molar-refractivity contribution in [2.45, 2.75) is 51.2 Å². The highest BCUT2D eigenvalue weighted by atomic mass is 35.5. The summed E-state index contributed by atoms with van der Waals surface area (Å²) in [4.78, 5) is 0. The Morgan fingerprint density at radius 2 is 2.33 bits per heavy atom.